The zero-order valence-electron chi connectivity index (χ0n) is 69.4. The Morgan fingerprint density at radius 3 is 0.824 bits per heavy atom. The van der Waals surface area contributed by atoms with Gasteiger partial charge in [-0.25, -0.2) is 81.1 Å². The number of anilines is 4. The maximum Gasteiger partial charge on any atom is 0.452 e. The van der Waals surface area contributed by atoms with E-state index in [2.05, 4.69) is 39.6 Å². The highest BCUT2D eigenvalue weighted by Gasteiger charge is 2.46. The fourth-order valence-corrected chi connectivity index (χ4v) is 22.8. The van der Waals surface area contributed by atoms with Gasteiger partial charge in [0, 0.05) is 151 Å². The van der Waals surface area contributed by atoms with Gasteiger partial charge in [0.2, 0.25) is 47.2 Å². The van der Waals surface area contributed by atoms with Crippen molar-refractivity contribution in [2.75, 3.05) is 144 Å². The van der Waals surface area contributed by atoms with Crippen molar-refractivity contribution in [1.82, 2.24) is 54.7 Å². The Morgan fingerprint density at radius 1 is 0.321 bits per heavy atom. The monoisotopic (exact) mass is 1930 g/mol. The van der Waals surface area contributed by atoms with Crippen LogP contribution in [-0.2, 0) is 83.2 Å². The largest absolute Gasteiger partial charge is 0.452 e. The molecule has 0 radical (unpaired) electrons. The van der Waals surface area contributed by atoms with E-state index in [-0.39, 0.29) is 209 Å². The van der Waals surface area contributed by atoms with Crippen molar-refractivity contribution < 1.29 is 128 Å². The molecule has 0 spiro atoms. The van der Waals surface area contributed by atoms with E-state index in [0.717, 1.165) is 43.2 Å². The SMILES string of the molecule is O=C(C1CCS(=O)(=O)CC1)N1CCN(c2cc(C(F)(F)F)on2)CC1c1ccccc1F.O=C(C1CCS(=O)(=O)CC1)N1CCN(c2ncc(C(F)(F)F)cn2)CC1c1ccc(F)cc1.O=C(C1CCS(=O)(=O)CC1)N1CCN(c2ncc(C(F)(F)F)cn2)C[C@@H]1c1ccc(F)cc1.O=C(C1CCS(=O)(=O)CC1)N1CCN(c2ncc(C(F)(F)F)cn2)C[C@H]1c1ccc(F)cc1. The maximum atomic E-state index is 14.6. The standard InChI is InChI=1S/3C21H22F4N4O3S.C20H21F4N3O4S/c3*22-17-3-1-14(2-4-17)18-13-28(20-26-11-16(12-27-20)21(23,24)25)7-8-29(18)19(30)15-5-9-33(31,32)10-6-15;21-15-4-2-1-3-14(15)16-12-26(18-11-17(31-25-18)20(22,23)24)7-8-27(16)19(28)13-5-9-32(29,30)10-6-13/h3*1-4,11-12,15,18H,5-10,13H2;1-4,11,13,16H,5-10,12H2/t2*18-;;/m10../s1. The number of rotatable bonds is 12. The molecule has 708 valence electrons. The molecule has 0 aliphatic carbocycles. The Bertz CT molecular complexity index is 5370. The summed E-state index contributed by atoms with van der Waals surface area (Å²) >= 11 is 0. The molecule has 8 aromatic rings. The summed E-state index contributed by atoms with van der Waals surface area (Å²) in [6.07, 6.45) is -12.1. The predicted molar refractivity (Wildman–Crippen MR) is 440 cm³/mol. The molecule has 0 N–H and O–H groups in total. The van der Waals surface area contributed by atoms with E-state index in [1.807, 2.05) is 0 Å². The molecule has 8 aliphatic heterocycles. The number of hydrogen-bond donors (Lipinski definition) is 0. The van der Waals surface area contributed by atoms with E-state index in [1.165, 1.54) is 64.4 Å². The number of benzene rings is 4. The number of amides is 4. The molecule has 16 rings (SSSR count). The average molecular weight is 1930 g/mol. The van der Waals surface area contributed by atoms with Gasteiger partial charge in [0.25, 0.3) is 0 Å². The first-order valence-corrected chi connectivity index (χ1v) is 48.7. The molecular formula is C83H87F16N15O13S4. The molecular weight excluding hydrogens is 1850 g/mol. The number of aromatic nitrogens is 7. The Morgan fingerprint density at radius 2 is 0.573 bits per heavy atom. The van der Waals surface area contributed by atoms with E-state index in [0.29, 0.717) is 36.3 Å². The van der Waals surface area contributed by atoms with Crippen molar-refractivity contribution in [2.45, 2.75) is 100 Å². The highest BCUT2D eigenvalue weighted by molar-refractivity contribution is 7.92. The Balaban J connectivity index is 0.000000149. The first kappa shape index (κ1) is 97.6. The summed E-state index contributed by atoms with van der Waals surface area (Å²) in [7, 11) is -12.5. The first-order chi connectivity index (χ1) is 61.6. The second-order valence-corrected chi connectivity index (χ2v) is 41.9. The smallest absolute Gasteiger partial charge is 0.350 e. The van der Waals surface area contributed by atoms with Crippen molar-refractivity contribution >= 4 is 86.6 Å². The van der Waals surface area contributed by atoms with Gasteiger partial charge in [-0.15, -0.1) is 0 Å². The van der Waals surface area contributed by atoms with Crippen LogP contribution in [0.2, 0.25) is 0 Å². The average Bonchev–Trinajstić information content (AvgIpc) is 1.27. The van der Waals surface area contributed by atoms with Crippen LogP contribution in [0.25, 0.3) is 0 Å². The van der Waals surface area contributed by atoms with Crippen LogP contribution < -0.4 is 19.6 Å². The summed E-state index contributed by atoms with van der Waals surface area (Å²) in [6, 6.07) is 21.4. The minimum absolute atomic E-state index is 0.0154. The fourth-order valence-electron chi connectivity index (χ4n) is 16.8. The Labute approximate surface area is 741 Å². The van der Waals surface area contributed by atoms with E-state index in [1.54, 1.807) is 71.9 Å². The van der Waals surface area contributed by atoms with Crippen LogP contribution in [0, 0.1) is 46.9 Å². The number of nitrogens with zero attached hydrogens (tertiary/aromatic N) is 15. The Kier molecular flexibility index (Phi) is 29.7. The summed E-state index contributed by atoms with van der Waals surface area (Å²) in [5, 5.41) is 3.50. The number of halogens is 16. The fraction of sp³-hybridized carbons (Fsp3) is 0.482. The van der Waals surface area contributed by atoms with Gasteiger partial charge in [-0.2, -0.15) is 52.7 Å². The zero-order valence-corrected chi connectivity index (χ0v) is 72.7. The Hall–Kier alpha value is -10.9. The van der Waals surface area contributed by atoms with Crippen LogP contribution in [0.3, 0.4) is 0 Å². The number of sulfone groups is 4. The normalized spacial score (nSPS) is 21.9. The van der Waals surface area contributed by atoms with Crippen LogP contribution in [0.15, 0.2) is 145 Å². The quantitative estimate of drug-likeness (QED) is 0.103. The molecule has 48 heteroatoms. The van der Waals surface area contributed by atoms with Gasteiger partial charge >= 0.3 is 24.7 Å². The van der Waals surface area contributed by atoms with E-state index in [9.17, 15) is 123 Å². The van der Waals surface area contributed by atoms with E-state index >= 15 is 0 Å². The highest BCUT2D eigenvalue weighted by atomic mass is 32.2. The molecule has 8 saturated heterocycles. The minimum Gasteiger partial charge on any atom is -0.350 e. The van der Waals surface area contributed by atoms with Crippen LogP contribution in [0.4, 0.5) is 93.9 Å². The topological polar surface area (TPSA) is 334 Å². The summed E-state index contributed by atoms with van der Waals surface area (Å²) in [6.45, 7) is 2.52. The molecule has 4 atom stereocenters. The molecule has 12 heterocycles. The van der Waals surface area contributed by atoms with Gasteiger partial charge in [-0.05, 0) is 111 Å². The lowest BCUT2D eigenvalue weighted by atomic mass is 9.96. The third-order valence-electron chi connectivity index (χ3n) is 24.1. The number of piperazine rings is 4. The van der Waals surface area contributed by atoms with Gasteiger partial charge < -0.3 is 43.7 Å². The molecule has 2 unspecified atom stereocenters. The molecule has 8 aliphatic rings. The van der Waals surface area contributed by atoms with Gasteiger partial charge in [-0.3, -0.25) is 19.2 Å². The third kappa shape index (κ3) is 24.7. The molecule has 4 aromatic heterocycles. The van der Waals surface area contributed by atoms with Crippen molar-refractivity contribution in [3.05, 3.63) is 208 Å². The maximum absolute atomic E-state index is 14.6. The highest BCUT2D eigenvalue weighted by Crippen LogP contribution is 2.41. The number of hydrogen-bond acceptors (Lipinski definition) is 24. The molecule has 4 aromatic carbocycles. The summed E-state index contributed by atoms with van der Waals surface area (Å²) in [4.78, 5) is 89.3. The zero-order chi connectivity index (χ0) is 94.5. The van der Waals surface area contributed by atoms with Gasteiger partial charge in [-0.1, -0.05) is 59.8 Å². The third-order valence-corrected chi connectivity index (χ3v) is 31.0. The number of carbonyl (C=O) groups excluding carboxylic acids is 4. The molecule has 28 nitrogen and oxygen atoms in total. The van der Waals surface area contributed by atoms with Gasteiger partial charge in [0.1, 0.15) is 62.6 Å². The van der Waals surface area contributed by atoms with E-state index in [4.69, 9.17) is 0 Å². The lowest BCUT2D eigenvalue weighted by molar-refractivity contribution is -0.155. The van der Waals surface area contributed by atoms with Crippen LogP contribution >= 0.6 is 0 Å². The lowest BCUT2D eigenvalue weighted by Gasteiger charge is -2.43. The van der Waals surface area contributed by atoms with Crippen molar-refractivity contribution in [3.63, 3.8) is 0 Å². The van der Waals surface area contributed by atoms with Gasteiger partial charge in [0.15, 0.2) is 5.82 Å². The van der Waals surface area contributed by atoms with Gasteiger partial charge in [0.05, 0.1) is 86.9 Å². The number of alkyl halides is 12. The molecule has 0 bridgehead atoms. The second kappa shape index (κ2) is 39.9. The minimum atomic E-state index is -4.69. The number of carbonyl (C=O) groups is 4. The molecule has 0 saturated carbocycles. The van der Waals surface area contributed by atoms with Crippen molar-refractivity contribution in [1.29, 1.82) is 0 Å². The summed E-state index contributed by atoms with van der Waals surface area (Å²) < 4.78 is 308. The van der Waals surface area contributed by atoms with Crippen LogP contribution in [0.5, 0.6) is 0 Å². The molecule has 8 fully saturated rings. The van der Waals surface area contributed by atoms with Crippen molar-refractivity contribution in [2.24, 2.45) is 23.7 Å². The summed E-state index contributed by atoms with van der Waals surface area (Å²) in [5.41, 5.74) is -0.667. The molecule has 4 amide bonds. The van der Waals surface area contributed by atoms with Crippen LogP contribution in [-0.4, -0.2) is 237 Å². The second-order valence-electron chi connectivity index (χ2n) is 32.7. The lowest BCUT2D eigenvalue weighted by Crippen LogP contribution is -2.53. The summed E-state index contributed by atoms with van der Waals surface area (Å²) in [5.74, 6) is -5.78. The predicted octanol–water partition coefficient (Wildman–Crippen LogP) is 11.6. The molecule has 131 heavy (non-hydrogen) atoms. The van der Waals surface area contributed by atoms with E-state index < -0.39 is 158 Å². The first-order valence-electron chi connectivity index (χ1n) is 41.4. The van der Waals surface area contributed by atoms with Crippen LogP contribution in [0.1, 0.15) is 120 Å². The van der Waals surface area contributed by atoms with Crippen molar-refractivity contribution in [3.8, 4) is 0 Å².